The molecule has 7 nitrogen and oxygen atoms in total. The van der Waals surface area contributed by atoms with Gasteiger partial charge < -0.3 is 5.11 Å². The molecule has 1 N–H and O–H groups in total. The Balaban J connectivity index is 0.000000755. The molecule has 3 aromatic rings. The maximum Gasteiger partial charge on any atom is 0.290 e. The third-order valence-electron chi connectivity index (χ3n) is 4.46. The van der Waals surface area contributed by atoms with Gasteiger partial charge in [-0.2, -0.15) is 4.31 Å². The third-order valence-corrected chi connectivity index (χ3v) is 6.73. The van der Waals surface area contributed by atoms with E-state index >= 15 is 0 Å². The van der Waals surface area contributed by atoms with E-state index in [2.05, 4.69) is 9.97 Å². The summed E-state index contributed by atoms with van der Waals surface area (Å²) >= 11 is 6.34. The van der Waals surface area contributed by atoms with Gasteiger partial charge in [0.15, 0.2) is 0 Å². The molecule has 150 valence electrons. The van der Waals surface area contributed by atoms with Crippen molar-refractivity contribution in [2.75, 3.05) is 0 Å². The molecule has 0 bridgehead atoms. The Bertz CT molecular complexity index is 1140. The van der Waals surface area contributed by atoms with Crippen LogP contribution in [0.2, 0.25) is 5.02 Å². The molecule has 0 radical (unpaired) electrons. The van der Waals surface area contributed by atoms with E-state index in [9.17, 15) is 8.42 Å². The summed E-state index contributed by atoms with van der Waals surface area (Å²) in [6.45, 7) is 2.29. The molecule has 4 rings (SSSR count). The normalized spacial score (nSPS) is 13.3. The first-order valence-corrected chi connectivity index (χ1v) is 10.4. The second kappa shape index (κ2) is 8.69. The van der Waals surface area contributed by atoms with Crippen LogP contribution in [0.3, 0.4) is 0 Å². The van der Waals surface area contributed by atoms with E-state index in [0.717, 1.165) is 27.9 Å². The minimum Gasteiger partial charge on any atom is -0.483 e. The SMILES string of the molecule is Cc1cc2c(cn1)CN(S(=O)(=O)c1ccc(-c3cccnc3)cc1Cl)C2.O=CO. The number of nitrogens with zero attached hydrogens (tertiary/aromatic N) is 3. The van der Waals surface area contributed by atoms with Gasteiger partial charge in [-0.15, -0.1) is 0 Å². The van der Waals surface area contributed by atoms with Gasteiger partial charge >= 0.3 is 0 Å². The van der Waals surface area contributed by atoms with Crippen LogP contribution in [0.4, 0.5) is 0 Å². The van der Waals surface area contributed by atoms with E-state index in [4.69, 9.17) is 21.5 Å². The highest BCUT2D eigenvalue weighted by Gasteiger charge is 2.32. The molecule has 29 heavy (non-hydrogen) atoms. The second-order valence-electron chi connectivity index (χ2n) is 6.36. The van der Waals surface area contributed by atoms with Crippen LogP contribution < -0.4 is 0 Å². The van der Waals surface area contributed by atoms with Crippen molar-refractivity contribution in [2.45, 2.75) is 24.9 Å². The molecule has 1 aromatic carbocycles. The molecule has 0 fully saturated rings. The number of hydrogen-bond acceptors (Lipinski definition) is 5. The molecule has 0 amide bonds. The van der Waals surface area contributed by atoms with Gasteiger partial charge in [0.2, 0.25) is 10.0 Å². The molecular weight excluding hydrogens is 414 g/mol. The highest BCUT2D eigenvalue weighted by atomic mass is 35.5. The smallest absolute Gasteiger partial charge is 0.290 e. The molecule has 1 aliphatic heterocycles. The highest BCUT2D eigenvalue weighted by Crippen LogP contribution is 2.33. The predicted molar refractivity (Wildman–Crippen MR) is 109 cm³/mol. The molecule has 1 aliphatic rings. The highest BCUT2D eigenvalue weighted by molar-refractivity contribution is 7.89. The van der Waals surface area contributed by atoms with Crippen LogP contribution in [0.15, 0.2) is 59.9 Å². The maximum atomic E-state index is 13.1. The monoisotopic (exact) mass is 431 g/mol. The summed E-state index contributed by atoms with van der Waals surface area (Å²) in [5, 5.41) is 7.09. The summed E-state index contributed by atoms with van der Waals surface area (Å²) in [7, 11) is -3.69. The second-order valence-corrected chi connectivity index (χ2v) is 8.67. The van der Waals surface area contributed by atoms with Crippen molar-refractivity contribution in [3.63, 3.8) is 0 Å². The summed E-state index contributed by atoms with van der Waals surface area (Å²) < 4.78 is 27.6. The minimum atomic E-state index is -3.69. The van der Waals surface area contributed by atoms with Crippen molar-refractivity contribution in [3.8, 4) is 11.1 Å². The first-order chi connectivity index (χ1) is 13.9. The van der Waals surface area contributed by atoms with Crippen LogP contribution in [0.1, 0.15) is 16.8 Å². The molecule has 3 heterocycles. The molecule has 0 saturated heterocycles. The van der Waals surface area contributed by atoms with E-state index in [1.54, 1.807) is 36.8 Å². The van der Waals surface area contributed by atoms with Crippen molar-refractivity contribution in [1.82, 2.24) is 14.3 Å². The average Bonchev–Trinajstić information content (AvgIpc) is 3.13. The van der Waals surface area contributed by atoms with Crippen molar-refractivity contribution in [3.05, 3.63) is 76.8 Å². The zero-order chi connectivity index (χ0) is 21.0. The Kier molecular flexibility index (Phi) is 6.26. The summed E-state index contributed by atoms with van der Waals surface area (Å²) in [6.07, 6.45) is 5.14. The minimum absolute atomic E-state index is 0.115. The fourth-order valence-corrected chi connectivity index (χ4v) is 5.02. The quantitative estimate of drug-likeness (QED) is 0.637. The lowest BCUT2D eigenvalue weighted by Gasteiger charge is -2.17. The number of fused-ring (bicyclic) bond motifs is 1. The van der Waals surface area contributed by atoms with Gasteiger partial charge in [-0.05, 0) is 47.9 Å². The first-order valence-electron chi connectivity index (χ1n) is 8.59. The topological polar surface area (TPSA) is 100 Å². The van der Waals surface area contributed by atoms with E-state index in [-0.39, 0.29) is 16.4 Å². The van der Waals surface area contributed by atoms with E-state index in [1.165, 1.54) is 4.31 Å². The number of benzene rings is 1. The van der Waals surface area contributed by atoms with Gasteiger partial charge in [0.25, 0.3) is 6.47 Å². The van der Waals surface area contributed by atoms with Crippen molar-refractivity contribution < 1.29 is 18.3 Å². The standard InChI is InChI=1S/C19H16ClN3O2S.CH2O2/c1-13-7-16-11-23(12-17(16)10-22-13)26(24,25)19-5-4-14(8-18(19)20)15-3-2-6-21-9-15;2-1-3/h2-10H,11-12H2,1H3;1H,(H,2,3). The zero-order valence-electron chi connectivity index (χ0n) is 15.5. The van der Waals surface area contributed by atoms with Crippen molar-refractivity contribution in [2.24, 2.45) is 0 Å². The molecule has 0 saturated carbocycles. The molecule has 0 spiro atoms. The Hall–Kier alpha value is -2.81. The lowest BCUT2D eigenvalue weighted by Crippen LogP contribution is -2.25. The summed E-state index contributed by atoms with van der Waals surface area (Å²) in [4.78, 5) is 16.8. The Labute approximate surface area is 173 Å². The number of halogens is 1. The van der Waals surface area contributed by atoms with Gasteiger partial charge in [0.05, 0.1) is 5.02 Å². The zero-order valence-corrected chi connectivity index (χ0v) is 17.1. The molecule has 0 unspecified atom stereocenters. The van der Waals surface area contributed by atoms with E-state index in [1.807, 2.05) is 25.1 Å². The van der Waals surface area contributed by atoms with E-state index in [0.29, 0.717) is 13.1 Å². The van der Waals surface area contributed by atoms with Gasteiger partial charge in [-0.1, -0.05) is 23.7 Å². The molecule has 0 aliphatic carbocycles. The largest absolute Gasteiger partial charge is 0.483 e. The number of carbonyl (C=O) groups is 1. The Morgan fingerprint density at radius 1 is 1.10 bits per heavy atom. The lowest BCUT2D eigenvalue weighted by molar-refractivity contribution is -0.122. The molecule has 2 aromatic heterocycles. The molecule has 0 atom stereocenters. The van der Waals surface area contributed by atoms with E-state index < -0.39 is 10.0 Å². The Morgan fingerprint density at radius 2 is 1.83 bits per heavy atom. The maximum absolute atomic E-state index is 13.1. The van der Waals surface area contributed by atoms with Crippen LogP contribution in [-0.2, 0) is 27.9 Å². The number of rotatable bonds is 3. The third kappa shape index (κ3) is 4.45. The van der Waals surface area contributed by atoms with Crippen LogP contribution in [-0.4, -0.2) is 34.3 Å². The number of aromatic nitrogens is 2. The summed E-state index contributed by atoms with van der Waals surface area (Å²) in [5.41, 5.74) is 4.51. The summed E-state index contributed by atoms with van der Waals surface area (Å²) in [6, 6.07) is 10.6. The van der Waals surface area contributed by atoms with Gasteiger partial charge in [0.1, 0.15) is 4.90 Å². The van der Waals surface area contributed by atoms with Crippen molar-refractivity contribution >= 4 is 28.1 Å². The fraction of sp³-hybridized carbons (Fsp3) is 0.150. The van der Waals surface area contributed by atoms with Gasteiger partial charge in [-0.3, -0.25) is 14.8 Å². The lowest BCUT2D eigenvalue weighted by atomic mass is 10.1. The fourth-order valence-electron chi connectivity index (χ4n) is 3.10. The number of pyridine rings is 2. The van der Waals surface area contributed by atoms with Crippen LogP contribution >= 0.6 is 11.6 Å². The predicted octanol–water partition coefficient (Wildman–Crippen LogP) is 3.51. The molecule has 9 heteroatoms. The van der Waals surface area contributed by atoms with Crippen LogP contribution in [0, 0.1) is 6.92 Å². The average molecular weight is 432 g/mol. The number of aryl methyl sites for hydroxylation is 1. The Morgan fingerprint density at radius 3 is 2.48 bits per heavy atom. The van der Waals surface area contributed by atoms with Crippen LogP contribution in [0.5, 0.6) is 0 Å². The first kappa shape index (κ1) is 20.9. The van der Waals surface area contributed by atoms with Gasteiger partial charge in [0, 0.05) is 42.9 Å². The van der Waals surface area contributed by atoms with Gasteiger partial charge in [-0.25, -0.2) is 8.42 Å². The number of sulfonamides is 1. The number of hydrogen-bond donors (Lipinski definition) is 1. The van der Waals surface area contributed by atoms with Crippen molar-refractivity contribution in [1.29, 1.82) is 0 Å². The summed E-state index contributed by atoms with van der Waals surface area (Å²) in [5.74, 6) is 0. The van der Waals surface area contributed by atoms with Crippen LogP contribution in [0.25, 0.3) is 11.1 Å². The number of carboxylic acid groups (broad SMARTS) is 1. The molecular formula is C20H18ClN3O4S.